The highest BCUT2D eigenvalue weighted by Gasteiger charge is 2.24. The van der Waals surface area contributed by atoms with E-state index in [0.29, 0.717) is 25.7 Å². The zero-order chi connectivity index (χ0) is 45.2. The summed E-state index contributed by atoms with van der Waals surface area (Å²) in [5.41, 5.74) is 0. The van der Waals surface area contributed by atoms with E-state index in [-0.39, 0.29) is 24.9 Å². The van der Waals surface area contributed by atoms with Crippen molar-refractivity contribution in [2.24, 2.45) is 0 Å². The summed E-state index contributed by atoms with van der Waals surface area (Å²) >= 11 is 0. The predicted octanol–water partition coefficient (Wildman–Crippen LogP) is 15.6. The number of carbonyl (C=O) groups excluding carboxylic acids is 2. The summed E-state index contributed by atoms with van der Waals surface area (Å²) in [5, 5.41) is 23.7. The number of esters is 1. The Morgan fingerprint density at radius 2 is 0.871 bits per heavy atom. The molecule has 0 aliphatic carbocycles. The van der Waals surface area contributed by atoms with E-state index in [0.717, 1.165) is 96.3 Å². The van der Waals surface area contributed by atoms with E-state index >= 15 is 0 Å². The first-order chi connectivity index (χ1) is 30.5. The summed E-state index contributed by atoms with van der Waals surface area (Å²) in [6.45, 7) is 6.31. The van der Waals surface area contributed by atoms with Crippen LogP contribution in [0, 0.1) is 0 Å². The second-order valence-corrected chi connectivity index (χ2v) is 17.2. The first kappa shape index (κ1) is 59.0. The molecule has 356 valence electrons. The van der Waals surface area contributed by atoms with Crippen molar-refractivity contribution >= 4 is 11.9 Å². The first-order valence-electron chi connectivity index (χ1n) is 25.8. The molecule has 0 rings (SSSR count). The van der Waals surface area contributed by atoms with Crippen LogP contribution in [0.5, 0.6) is 0 Å². The van der Waals surface area contributed by atoms with Gasteiger partial charge in [-0.15, -0.1) is 0 Å². The third-order valence-electron chi connectivity index (χ3n) is 11.2. The smallest absolute Gasteiger partial charge is 0.306 e. The van der Waals surface area contributed by atoms with Crippen molar-refractivity contribution in [2.45, 2.75) is 251 Å². The average molecular weight is 864 g/mol. The number of unbranched alkanes of at least 4 members (excludes halogenated alkanes) is 19. The molecule has 0 aliphatic heterocycles. The van der Waals surface area contributed by atoms with E-state index in [9.17, 15) is 19.8 Å². The van der Waals surface area contributed by atoms with Gasteiger partial charge in [0.1, 0.15) is 6.10 Å². The lowest BCUT2D eigenvalue weighted by Crippen LogP contribution is -2.46. The molecule has 0 saturated carbocycles. The molecule has 3 atom stereocenters. The molecule has 0 aliphatic rings. The summed E-state index contributed by atoms with van der Waals surface area (Å²) in [4.78, 5) is 26.1. The second-order valence-electron chi connectivity index (χ2n) is 17.2. The van der Waals surface area contributed by atoms with E-state index in [2.05, 4.69) is 111 Å². The molecule has 1 amide bonds. The van der Waals surface area contributed by atoms with Crippen LogP contribution in [0.4, 0.5) is 0 Å². The predicted molar refractivity (Wildman–Crippen MR) is 268 cm³/mol. The van der Waals surface area contributed by atoms with Gasteiger partial charge in [-0.2, -0.15) is 0 Å². The number of ether oxygens (including phenoxy) is 1. The monoisotopic (exact) mass is 864 g/mol. The lowest BCUT2D eigenvalue weighted by molar-refractivity contribution is -0.151. The van der Waals surface area contributed by atoms with E-state index < -0.39 is 18.2 Å². The molecule has 0 aromatic carbocycles. The van der Waals surface area contributed by atoms with Crippen molar-refractivity contribution in [3.05, 3.63) is 85.1 Å². The molecule has 0 bridgehead atoms. The van der Waals surface area contributed by atoms with Gasteiger partial charge in [0, 0.05) is 6.42 Å². The number of aliphatic hydroxyl groups is 2. The Bertz CT molecular complexity index is 1200. The summed E-state index contributed by atoms with van der Waals surface area (Å²) in [6.07, 6.45) is 63.5. The summed E-state index contributed by atoms with van der Waals surface area (Å²) < 4.78 is 5.90. The second kappa shape index (κ2) is 49.1. The number of amides is 1. The van der Waals surface area contributed by atoms with Gasteiger partial charge in [-0.25, -0.2) is 0 Å². The molecular weight excluding hydrogens is 767 g/mol. The summed E-state index contributed by atoms with van der Waals surface area (Å²) in [7, 11) is 0. The SMILES string of the molecule is CC/C=C\C/C=C\C/C=C\C/C=C\C/C=C\CCCC(=O)OC(CCCCCCC/C=C\C/C=C\CCCCC)CC(=O)NC(CO)C(O)CCCCCCCCCCCCC. The van der Waals surface area contributed by atoms with Crippen molar-refractivity contribution in [1.29, 1.82) is 0 Å². The Labute approximate surface area is 383 Å². The van der Waals surface area contributed by atoms with Crippen molar-refractivity contribution in [1.82, 2.24) is 5.32 Å². The molecule has 6 heteroatoms. The van der Waals surface area contributed by atoms with Crippen LogP contribution in [0.15, 0.2) is 85.1 Å². The number of rotatable bonds is 45. The van der Waals surface area contributed by atoms with Crippen LogP contribution < -0.4 is 5.32 Å². The van der Waals surface area contributed by atoms with Gasteiger partial charge < -0.3 is 20.3 Å². The number of hydrogen-bond donors (Lipinski definition) is 3. The molecule has 3 unspecified atom stereocenters. The Morgan fingerprint density at radius 1 is 0.484 bits per heavy atom. The molecule has 0 aromatic heterocycles. The fourth-order valence-electron chi connectivity index (χ4n) is 7.32. The highest BCUT2D eigenvalue weighted by molar-refractivity contribution is 5.77. The quantitative estimate of drug-likeness (QED) is 0.0322. The maximum Gasteiger partial charge on any atom is 0.306 e. The molecule has 0 heterocycles. The van der Waals surface area contributed by atoms with Gasteiger partial charge in [-0.05, 0) is 96.3 Å². The zero-order valence-corrected chi connectivity index (χ0v) is 40.5. The molecule has 3 N–H and O–H groups in total. The van der Waals surface area contributed by atoms with Crippen molar-refractivity contribution in [2.75, 3.05) is 6.61 Å². The van der Waals surface area contributed by atoms with Crippen LogP contribution in [0.1, 0.15) is 233 Å². The molecule has 0 aromatic rings. The van der Waals surface area contributed by atoms with Crippen LogP contribution in [0.3, 0.4) is 0 Å². The lowest BCUT2D eigenvalue weighted by atomic mass is 10.0. The van der Waals surface area contributed by atoms with Crippen LogP contribution in [-0.2, 0) is 14.3 Å². The molecular formula is C56H97NO5. The largest absolute Gasteiger partial charge is 0.462 e. The van der Waals surface area contributed by atoms with Gasteiger partial charge in [0.2, 0.25) is 5.91 Å². The fraction of sp³-hybridized carbons (Fsp3) is 0.714. The Hall–Kier alpha value is -2.96. The minimum absolute atomic E-state index is 0.0417. The maximum atomic E-state index is 13.2. The zero-order valence-electron chi connectivity index (χ0n) is 40.5. The Kier molecular flexibility index (Phi) is 46.7. The topological polar surface area (TPSA) is 95.9 Å². The highest BCUT2D eigenvalue weighted by Crippen LogP contribution is 2.17. The number of aliphatic hydroxyl groups excluding tert-OH is 2. The van der Waals surface area contributed by atoms with E-state index in [1.54, 1.807) is 0 Å². The summed E-state index contributed by atoms with van der Waals surface area (Å²) in [6, 6.07) is -0.721. The van der Waals surface area contributed by atoms with Gasteiger partial charge in [-0.1, -0.05) is 209 Å². The molecule has 0 fully saturated rings. The van der Waals surface area contributed by atoms with Gasteiger partial charge in [-0.3, -0.25) is 9.59 Å². The number of nitrogens with one attached hydrogen (secondary N) is 1. The summed E-state index contributed by atoms with van der Waals surface area (Å²) in [5.74, 6) is -0.561. The van der Waals surface area contributed by atoms with Crippen molar-refractivity contribution in [3.63, 3.8) is 0 Å². The first-order valence-corrected chi connectivity index (χ1v) is 25.8. The van der Waals surface area contributed by atoms with Gasteiger partial charge >= 0.3 is 5.97 Å². The standard InChI is InChI=1S/C56H97NO5/c1-4-7-10-13-16-19-22-24-26-27-29-31-34-37-40-43-46-49-56(61)62-52(47-44-41-38-35-33-30-28-25-23-20-17-14-11-8-5-2)50-55(60)57-53(51-58)54(59)48-45-42-39-36-32-21-18-15-12-9-6-3/h7,10,16-17,19-20,24-26,28-29,31,37,40,52-54,58-59H,4-6,8-9,11-15,18,21-23,27,30,32-36,38-39,41-51H2,1-3H3,(H,57,60)/b10-7-,19-16-,20-17-,26-24-,28-25-,31-29-,40-37-. The Morgan fingerprint density at radius 3 is 1.35 bits per heavy atom. The van der Waals surface area contributed by atoms with E-state index in [4.69, 9.17) is 4.74 Å². The minimum Gasteiger partial charge on any atom is -0.462 e. The number of carbonyl (C=O) groups is 2. The van der Waals surface area contributed by atoms with Crippen LogP contribution in [-0.4, -0.2) is 46.9 Å². The van der Waals surface area contributed by atoms with E-state index in [1.165, 1.54) is 83.5 Å². The molecule has 0 spiro atoms. The Balaban J connectivity index is 4.72. The van der Waals surface area contributed by atoms with Gasteiger partial charge in [0.05, 0.1) is 25.2 Å². The molecule has 62 heavy (non-hydrogen) atoms. The van der Waals surface area contributed by atoms with Crippen LogP contribution in [0.2, 0.25) is 0 Å². The van der Waals surface area contributed by atoms with Crippen molar-refractivity contribution < 1.29 is 24.5 Å². The molecule has 6 nitrogen and oxygen atoms in total. The third kappa shape index (κ3) is 43.7. The van der Waals surface area contributed by atoms with Crippen molar-refractivity contribution in [3.8, 4) is 0 Å². The minimum atomic E-state index is -0.804. The molecule has 0 radical (unpaired) electrons. The van der Waals surface area contributed by atoms with Gasteiger partial charge in [0.25, 0.3) is 0 Å². The van der Waals surface area contributed by atoms with E-state index in [1.807, 2.05) is 0 Å². The average Bonchev–Trinajstić information content (AvgIpc) is 3.26. The molecule has 0 saturated heterocycles. The third-order valence-corrected chi connectivity index (χ3v) is 11.2. The number of allylic oxidation sites excluding steroid dienone is 14. The van der Waals surface area contributed by atoms with Crippen LogP contribution >= 0.6 is 0 Å². The lowest BCUT2D eigenvalue weighted by Gasteiger charge is -2.24. The fourth-order valence-corrected chi connectivity index (χ4v) is 7.32. The maximum absolute atomic E-state index is 13.2. The van der Waals surface area contributed by atoms with Gasteiger partial charge in [0.15, 0.2) is 0 Å². The van der Waals surface area contributed by atoms with Crippen LogP contribution in [0.25, 0.3) is 0 Å². The normalized spacial score (nSPS) is 14.0. The number of hydrogen-bond acceptors (Lipinski definition) is 5. The highest BCUT2D eigenvalue weighted by atomic mass is 16.5.